The maximum absolute atomic E-state index is 13.4. The quantitative estimate of drug-likeness (QED) is 0.583. The van der Waals surface area contributed by atoms with Crippen molar-refractivity contribution in [2.75, 3.05) is 52.5 Å². The number of hydrogen-bond donors (Lipinski definition) is 3. The minimum Gasteiger partial charge on any atom is -0.488 e. The Morgan fingerprint density at radius 1 is 1.32 bits per heavy atom. The third-order valence-corrected chi connectivity index (χ3v) is 3.58. The van der Waals surface area contributed by atoms with Crippen LogP contribution >= 0.6 is 0 Å². The first-order valence-electron chi connectivity index (χ1n) is 8.13. The molecule has 1 heterocycles. The number of benzene rings is 1. The number of urea groups is 1. The Hall–Kier alpha value is -1.97. The standard InChI is InChI=1S/C16H23F2N3O4/c17-12-1-2-14(18)15(9-12)25-11-13(22)10-19-3-4-20-16(23)21-5-7-24-8-6-21/h1-2,9,13,19,22H,3-8,10-11H2,(H,20,23). The molecule has 1 aromatic rings. The Kier molecular flexibility index (Phi) is 7.83. The lowest BCUT2D eigenvalue weighted by Crippen LogP contribution is -2.47. The van der Waals surface area contributed by atoms with E-state index in [2.05, 4.69) is 10.6 Å². The minimum atomic E-state index is -0.891. The molecule has 0 radical (unpaired) electrons. The molecule has 1 aliphatic rings. The summed E-state index contributed by atoms with van der Waals surface area (Å²) in [5.41, 5.74) is 0. The molecule has 1 unspecified atom stereocenters. The molecular weight excluding hydrogens is 336 g/mol. The van der Waals surface area contributed by atoms with Crippen molar-refractivity contribution in [1.29, 1.82) is 0 Å². The minimum absolute atomic E-state index is 0.143. The van der Waals surface area contributed by atoms with Crippen molar-refractivity contribution < 1.29 is 28.2 Å². The number of aliphatic hydroxyl groups excluding tert-OH is 1. The van der Waals surface area contributed by atoms with E-state index in [0.29, 0.717) is 39.4 Å². The van der Waals surface area contributed by atoms with Crippen LogP contribution in [0.3, 0.4) is 0 Å². The average Bonchev–Trinajstić information content (AvgIpc) is 2.62. The van der Waals surface area contributed by atoms with Gasteiger partial charge in [-0.2, -0.15) is 0 Å². The zero-order chi connectivity index (χ0) is 18.1. The summed E-state index contributed by atoms with van der Waals surface area (Å²) >= 11 is 0. The zero-order valence-electron chi connectivity index (χ0n) is 13.8. The van der Waals surface area contributed by atoms with E-state index in [-0.39, 0.29) is 24.9 Å². The second-order valence-electron chi connectivity index (χ2n) is 5.58. The van der Waals surface area contributed by atoms with Gasteiger partial charge in [-0.3, -0.25) is 0 Å². The fourth-order valence-electron chi connectivity index (χ4n) is 2.24. The van der Waals surface area contributed by atoms with Gasteiger partial charge in [0.05, 0.1) is 13.2 Å². The van der Waals surface area contributed by atoms with Gasteiger partial charge < -0.3 is 30.1 Å². The summed E-state index contributed by atoms with van der Waals surface area (Å²) in [6.07, 6.45) is -0.891. The molecular formula is C16H23F2N3O4. The van der Waals surface area contributed by atoms with Crippen LogP contribution in [0.4, 0.5) is 13.6 Å². The van der Waals surface area contributed by atoms with Gasteiger partial charge in [0.2, 0.25) is 0 Å². The van der Waals surface area contributed by atoms with Crippen molar-refractivity contribution in [3.05, 3.63) is 29.8 Å². The van der Waals surface area contributed by atoms with Crippen molar-refractivity contribution >= 4 is 6.03 Å². The van der Waals surface area contributed by atoms with E-state index in [1.807, 2.05) is 0 Å². The first-order chi connectivity index (χ1) is 12.1. The molecule has 2 amide bonds. The largest absolute Gasteiger partial charge is 0.488 e. The van der Waals surface area contributed by atoms with Gasteiger partial charge in [0.25, 0.3) is 0 Å². The summed E-state index contributed by atoms with van der Waals surface area (Å²) in [5, 5.41) is 15.5. The number of rotatable bonds is 8. The van der Waals surface area contributed by atoms with Crippen LogP contribution in [0.25, 0.3) is 0 Å². The summed E-state index contributed by atoms with van der Waals surface area (Å²) in [4.78, 5) is 13.5. The van der Waals surface area contributed by atoms with Crippen molar-refractivity contribution in [2.45, 2.75) is 6.10 Å². The lowest BCUT2D eigenvalue weighted by atomic mass is 10.3. The summed E-state index contributed by atoms with van der Waals surface area (Å²) in [6, 6.07) is 2.74. The van der Waals surface area contributed by atoms with Crippen molar-refractivity contribution in [3.63, 3.8) is 0 Å². The third kappa shape index (κ3) is 6.81. The van der Waals surface area contributed by atoms with Gasteiger partial charge in [-0.1, -0.05) is 0 Å². The van der Waals surface area contributed by atoms with Crippen LogP contribution in [-0.2, 0) is 4.74 Å². The molecule has 2 rings (SSSR count). The Morgan fingerprint density at radius 3 is 2.84 bits per heavy atom. The number of carbonyl (C=O) groups is 1. The molecule has 1 fully saturated rings. The van der Waals surface area contributed by atoms with E-state index < -0.39 is 17.7 Å². The van der Waals surface area contributed by atoms with Crippen LogP contribution in [0.5, 0.6) is 5.75 Å². The first kappa shape index (κ1) is 19.4. The number of halogens is 2. The molecule has 1 aromatic carbocycles. The summed E-state index contributed by atoms with van der Waals surface area (Å²) in [7, 11) is 0. The SMILES string of the molecule is O=C(NCCNCC(O)COc1cc(F)ccc1F)N1CCOCC1. The number of aliphatic hydroxyl groups is 1. The normalized spacial score (nSPS) is 15.7. The van der Waals surface area contributed by atoms with Gasteiger partial charge in [-0.25, -0.2) is 13.6 Å². The number of amides is 2. The van der Waals surface area contributed by atoms with Crippen LogP contribution in [0.1, 0.15) is 0 Å². The number of nitrogens with one attached hydrogen (secondary N) is 2. The Balaban J connectivity index is 1.55. The van der Waals surface area contributed by atoms with Crippen molar-refractivity contribution in [3.8, 4) is 5.75 Å². The van der Waals surface area contributed by atoms with E-state index in [4.69, 9.17) is 9.47 Å². The van der Waals surface area contributed by atoms with E-state index in [0.717, 1.165) is 18.2 Å². The number of carbonyl (C=O) groups excluding carboxylic acids is 1. The highest BCUT2D eigenvalue weighted by molar-refractivity contribution is 5.74. The molecule has 1 atom stereocenters. The van der Waals surface area contributed by atoms with E-state index >= 15 is 0 Å². The number of hydrogen-bond acceptors (Lipinski definition) is 5. The molecule has 7 nitrogen and oxygen atoms in total. The van der Waals surface area contributed by atoms with Crippen LogP contribution in [0.2, 0.25) is 0 Å². The molecule has 0 bridgehead atoms. The van der Waals surface area contributed by atoms with Crippen LogP contribution < -0.4 is 15.4 Å². The fraction of sp³-hybridized carbons (Fsp3) is 0.562. The third-order valence-electron chi connectivity index (χ3n) is 3.58. The highest BCUT2D eigenvalue weighted by Gasteiger charge is 2.15. The smallest absolute Gasteiger partial charge is 0.317 e. The molecule has 0 aliphatic carbocycles. The molecule has 25 heavy (non-hydrogen) atoms. The highest BCUT2D eigenvalue weighted by atomic mass is 19.1. The lowest BCUT2D eigenvalue weighted by Gasteiger charge is -2.27. The van der Waals surface area contributed by atoms with Crippen molar-refractivity contribution in [2.24, 2.45) is 0 Å². The van der Waals surface area contributed by atoms with Gasteiger partial charge in [-0.15, -0.1) is 0 Å². The molecule has 9 heteroatoms. The zero-order valence-corrected chi connectivity index (χ0v) is 13.8. The van der Waals surface area contributed by atoms with Gasteiger partial charge in [0.1, 0.15) is 18.5 Å². The molecule has 1 aliphatic heterocycles. The van der Waals surface area contributed by atoms with Crippen LogP contribution in [0.15, 0.2) is 18.2 Å². The Bertz CT molecular complexity index is 556. The van der Waals surface area contributed by atoms with Gasteiger partial charge in [0.15, 0.2) is 11.6 Å². The monoisotopic (exact) mass is 359 g/mol. The molecule has 140 valence electrons. The average molecular weight is 359 g/mol. The highest BCUT2D eigenvalue weighted by Crippen LogP contribution is 2.17. The van der Waals surface area contributed by atoms with E-state index in [1.165, 1.54) is 0 Å². The van der Waals surface area contributed by atoms with E-state index in [9.17, 15) is 18.7 Å². The Labute approximate surface area is 144 Å². The number of morpholine rings is 1. The number of ether oxygens (including phenoxy) is 2. The predicted octanol–water partition coefficient (Wildman–Crippen LogP) is 0.336. The van der Waals surface area contributed by atoms with Gasteiger partial charge in [-0.05, 0) is 12.1 Å². The summed E-state index contributed by atoms with van der Waals surface area (Å²) in [5.74, 6) is -1.54. The summed E-state index contributed by atoms with van der Waals surface area (Å²) in [6.45, 7) is 3.13. The van der Waals surface area contributed by atoms with Crippen molar-refractivity contribution in [1.82, 2.24) is 15.5 Å². The lowest BCUT2D eigenvalue weighted by molar-refractivity contribution is 0.0532. The fourth-order valence-corrected chi connectivity index (χ4v) is 2.24. The maximum atomic E-state index is 13.4. The molecule has 1 saturated heterocycles. The van der Waals surface area contributed by atoms with E-state index in [1.54, 1.807) is 4.90 Å². The molecule has 0 saturated carbocycles. The topological polar surface area (TPSA) is 83.1 Å². The molecule has 3 N–H and O–H groups in total. The predicted molar refractivity (Wildman–Crippen MR) is 86.5 cm³/mol. The second kappa shape index (κ2) is 10.1. The van der Waals surface area contributed by atoms with Crippen LogP contribution in [-0.4, -0.2) is 74.7 Å². The molecule has 0 spiro atoms. The second-order valence-corrected chi connectivity index (χ2v) is 5.58. The first-order valence-corrected chi connectivity index (χ1v) is 8.13. The maximum Gasteiger partial charge on any atom is 0.317 e. The van der Waals surface area contributed by atoms with Crippen LogP contribution in [0, 0.1) is 11.6 Å². The van der Waals surface area contributed by atoms with Gasteiger partial charge >= 0.3 is 6.03 Å². The Morgan fingerprint density at radius 2 is 2.08 bits per heavy atom. The van der Waals surface area contributed by atoms with Gasteiger partial charge in [0, 0.05) is 38.8 Å². The number of nitrogens with zero attached hydrogens (tertiary/aromatic N) is 1. The molecule has 0 aromatic heterocycles. The summed E-state index contributed by atoms with van der Waals surface area (Å²) < 4.78 is 36.6.